The number of thiocarbonyl (C=S) groups is 1. The minimum atomic E-state index is 0.469. The summed E-state index contributed by atoms with van der Waals surface area (Å²) >= 11 is 7.13. The van der Waals surface area contributed by atoms with Crippen molar-refractivity contribution >= 4 is 34.7 Å². The summed E-state index contributed by atoms with van der Waals surface area (Å²) in [5, 5.41) is 3.52. The molecule has 0 aliphatic carbocycles. The van der Waals surface area contributed by atoms with E-state index in [-0.39, 0.29) is 0 Å². The molecule has 0 amide bonds. The second-order valence-corrected chi connectivity index (χ2v) is 6.06. The lowest BCUT2D eigenvalue weighted by Crippen LogP contribution is -2.18. The number of aryl methyl sites for hydroxylation is 1. The van der Waals surface area contributed by atoms with Crippen molar-refractivity contribution < 1.29 is 0 Å². The van der Waals surface area contributed by atoms with Crippen LogP contribution in [0, 0.1) is 12.8 Å². The van der Waals surface area contributed by atoms with Crippen LogP contribution in [0.25, 0.3) is 0 Å². The van der Waals surface area contributed by atoms with Gasteiger partial charge in [-0.3, -0.25) is 0 Å². The molecule has 3 N–H and O–H groups in total. The van der Waals surface area contributed by atoms with Gasteiger partial charge in [0.25, 0.3) is 0 Å². The molecular formula is C13H18N2S2. The molecule has 4 heteroatoms. The van der Waals surface area contributed by atoms with Gasteiger partial charge in [-0.15, -0.1) is 0 Å². The monoisotopic (exact) mass is 266 g/mol. The van der Waals surface area contributed by atoms with E-state index in [1.807, 2.05) is 23.9 Å². The fourth-order valence-corrected chi connectivity index (χ4v) is 3.55. The molecule has 0 spiro atoms. The van der Waals surface area contributed by atoms with E-state index in [2.05, 4.69) is 18.3 Å². The Balaban J connectivity index is 2.10. The fraction of sp³-hybridized carbons (Fsp3) is 0.462. The molecule has 2 rings (SSSR count). The standard InChI is InChI=1S/C13H18N2S2/c1-9-3-2-4-11(13(14)16)12(9)15-7-10-5-6-17-8-10/h2-4,10,15H,5-8H2,1H3,(H2,14,16). The molecule has 1 aliphatic heterocycles. The SMILES string of the molecule is Cc1cccc(C(N)=S)c1NCC1CCSC1. The van der Waals surface area contributed by atoms with Crippen molar-refractivity contribution in [1.29, 1.82) is 0 Å². The lowest BCUT2D eigenvalue weighted by Gasteiger charge is -2.16. The molecule has 1 saturated heterocycles. The first-order chi connectivity index (χ1) is 8.18. The molecule has 0 aromatic heterocycles. The van der Waals surface area contributed by atoms with Gasteiger partial charge in [-0.2, -0.15) is 11.8 Å². The van der Waals surface area contributed by atoms with Gasteiger partial charge in [-0.25, -0.2) is 0 Å². The second kappa shape index (κ2) is 5.74. The molecular weight excluding hydrogens is 248 g/mol. The quantitative estimate of drug-likeness (QED) is 0.822. The Hall–Kier alpha value is -0.740. The van der Waals surface area contributed by atoms with Gasteiger partial charge in [-0.1, -0.05) is 24.4 Å². The van der Waals surface area contributed by atoms with E-state index in [1.165, 1.54) is 23.5 Å². The van der Waals surface area contributed by atoms with Gasteiger partial charge < -0.3 is 11.1 Å². The third-order valence-corrected chi connectivity index (χ3v) is 4.58. The third kappa shape index (κ3) is 3.13. The van der Waals surface area contributed by atoms with Crippen LogP contribution in [0.4, 0.5) is 5.69 Å². The number of para-hydroxylation sites is 1. The zero-order valence-corrected chi connectivity index (χ0v) is 11.7. The number of nitrogens with one attached hydrogen (secondary N) is 1. The molecule has 0 radical (unpaired) electrons. The van der Waals surface area contributed by atoms with Crippen molar-refractivity contribution in [3.63, 3.8) is 0 Å². The number of benzene rings is 1. The van der Waals surface area contributed by atoms with Crippen LogP contribution in [0.2, 0.25) is 0 Å². The van der Waals surface area contributed by atoms with E-state index in [0.717, 1.165) is 23.7 Å². The highest BCUT2D eigenvalue weighted by atomic mass is 32.2. The summed E-state index contributed by atoms with van der Waals surface area (Å²) in [5.74, 6) is 3.34. The van der Waals surface area contributed by atoms with Gasteiger partial charge in [0.05, 0.1) is 0 Å². The Morgan fingerprint density at radius 3 is 3.06 bits per heavy atom. The van der Waals surface area contributed by atoms with Gasteiger partial charge >= 0.3 is 0 Å². The van der Waals surface area contributed by atoms with Crippen LogP contribution in [0.15, 0.2) is 18.2 Å². The number of hydrogen-bond donors (Lipinski definition) is 2. The average Bonchev–Trinajstić information content (AvgIpc) is 2.80. The minimum Gasteiger partial charge on any atom is -0.389 e. The van der Waals surface area contributed by atoms with Crippen LogP contribution in [0.1, 0.15) is 17.5 Å². The van der Waals surface area contributed by atoms with Crippen LogP contribution in [-0.2, 0) is 0 Å². The number of thioether (sulfide) groups is 1. The number of nitrogens with two attached hydrogens (primary N) is 1. The van der Waals surface area contributed by atoms with Gasteiger partial charge in [0.1, 0.15) is 4.99 Å². The first kappa shape index (κ1) is 12.7. The van der Waals surface area contributed by atoms with E-state index in [1.54, 1.807) is 0 Å². The molecule has 2 nitrogen and oxygen atoms in total. The molecule has 1 aromatic rings. The normalized spacial score (nSPS) is 19.2. The molecule has 1 fully saturated rings. The molecule has 1 atom stereocenters. The molecule has 1 heterocycles. The van der Waals surface area contributed by atoms with E-state index >= 15 is 0 Å². The summed E-state index contributed by atoms with van der Waals surface area (Å²) in [7, 11) is 0. The second-order valence-electron chi connectivity index (χ2n) is 4.47. The first-order valence-electron chi connectivity index (χ1n) is 5.89. The highest BCUT2D eigenvalue weighted by Gasteiger charge is 2.16. The van der Waals surface area contributed by atoms with E-state index < -0.39 is 0 Å². The summed E-state index contributed by atoms with van der Waals surface area (Å²) in [6.07, 6.45) is 1.31. The lowest BCUT2D eigenvalue weighted by atomic mass is 10.1. The zero-order chi connectivity index (χ0) is 12.3. The van der Waals surface area contributed by atoms with Crippen LogP contribution in [0.5, 0.6) is 0 Å². The van der Waals surface area contributed by atoms with Crippen LogP contribution < -0.4 is 11.1 Å². The maximum Gasteiger partial charge on any atom is 0.106 e. The molecule has 17 heavy (non-hydrogen) atoms. The Morgan fingerprint density at radius 1 is 1.59 bits per heavy atom. The summed E-state index contributed by atoms with van der Waals surface area (Å²) < 4.78 is 0. The summed E-state index contributed by atoms with van der Waals surface area (Å²) in [5.41, 5.74) is 9.04. The van der Waals surface area contributed by atoms with Crippen molar-refractivity contribution in [3.8, 4) is 0 Å². The van der Waals surface area contributed by atoms with E-state index in [9.17, 15) is 0 Å². The van der Waals surface area contributed by atoms with Crippen molar-refractivity contribution in [2.24, 2.45) is 11.7 Å². The minimum absolute atomic E-state index is 0.469. The van der Waals surface area contributed by atoms with Crippen LogP contribution in [0.3, 0.4) is 0 Å². The fourth-order valence-electron chi connectivity index (χ4n) is 2.10. The topological polar surface area (TPSA) is 38.0 Å². The molecule has 92 valence electrons. The first-order valence-corrected chi connectivity index (χ1v) is 7.46. The Morgan fingerprint density at radius 2 is 2.41 bits per heavy atom. The van der Waals surface area contributed by atoms with E-state index in [4.69, 9.17) is 18.0 Å². The highest BCUT2D eigenvalue weighted by Crippen LogP contribution is 2.26. The van der Waals surface area contributed by atoms with Gasteiger partial charge in [-0.05, 0) is 42.4 Å². The maximum atomic E-state index is 5.75. The molecule has 0 saturated carbocycles. The molecule has 1 aliphatic rings. The lowest BCUT2D eigenvalue weighted by molar-refractivity contribution is 0.631. The number of anilines is 1. The van der Waals surface area contributed by atoms with Crippen molar-refractivity contribution in [2.75, 3.05) is 23.4 Å². The Labute approximate surface area is 112 Å². The van der Waals surface area contributed by atoms with Crippen molar-refractivity contribution in [3.05, 3.63) is 29.3 Å². The average molecular weight is 266 g/mol. The third-order valence-electron chi connectivity index (χ3n) is 3.13. The summed E-state index contributed by atoms with van der Waals surface area (Å²) in [6.45, 7) is 3.11. The Bertz CT molecular complexity index is 412. The Kier molecular flexibility index (Phi) is 4.29. The smallest absolute Gasteiger partial charge is 0.106 e. The van der Waals surface area contributed by atoms with Crippen molar-refractivity contribution in [1.82, 2.24) is 0 Å². The van der Waals surface area contributed by atoms with Gasteiger partial charge in [0.2, 0.25) is 0 Å². The van der Waals surface area contributed by atoms with Gasteiger partial charge in [0.15, 0.2) is 0 Å². The van der Waals surface area contributed by atoms with E-state index in [0.29, 0.717) is 4.99 Å². The summed E-state index contributed by atoms with van der Waals surface area (Å²) in [4.78, 5) is 0.469. The van der Waals surface area contributed by atoms with Crippen molar-refractivity contribution in [2.45, 2.75) is 13.3 Å². The molecule has 0 bridgehead atoms. The largest absolute Gasteiger partial charge is 0.389 e. The molecule has 1 aromatic carbocycles. The molecule has 1 unspecified atom stereocenters. The summed E-state index contributed by atoms with van der Waals surface area (Å²) in [6, 6.07) is 6.08. The van der Waals surface area contributed by atoms with Gasteiger partial charge in [0, 0.05) is 17.8 Å². The number of rotatable bonds is 4. The van der Waals surface area contributed by atoms with Crippen LogP contribution >= 0.6 is 24.0 Å². The maximum absolute atomic E-state index is 5.75. The predicted molar refractivity (Wildman–Crippen MR) is 81.0 cm³/mol. The van der Waals surface area contributed by atoms with Crippen LogP contribution in [-0.4, -0.2) is 23.0 Å². The predicted octanol–water partition coefficient (Wildman–Crippen LogP) is 2.79. The number of hydrogen-bond acceptors (Lipinski definition) is 3. The highest BCUT2D eigenvalue weighted by molar-refractivity contribution is 7.99. The zero-order valence-electron chi connectivity index (χ0n) is 10.0.